The van der Waals surface area contributed by atoms with Crippen LogP contribution in [-0.2, 0) is 23.1 Å². The summed E-state index contributed by atoms with van der Waals surface area (Å²) in [5.74, 6) is 1.01. The van der Waals surface area contributed by atoms with Crippen molar-refractivity contribution in [2.24, 2.45) is 28.6 Å². The molecule has 1 aliphatic heterocycles. The number of rotatable bonds is 9. The third kappa shape index (κ3) is 6.38. The van der Waals surface area contributed by atoms with Gasteiger partial charge in [-0.2, -0.15) is 0 Å². The summed E-state index contributed by atoms with van der Waals surface area (Å²) in [4.78, 5) is 14.5. The third-order valence-electron chi connectivity index (χ3n) is 14.5. The average molecular weight is 719 g/mol. The first-order valence-corrected chi connectivity index (χ1v) is 24.5. The fourth-order valence-electron chi connectivity index (χ4n) is 10.7. The Kier molecular flexibility index (Phi) is 10.4. The van der Waals surface area contributed by atoms with Crippen LogP contribution < -0.4 is 10.4 Å². The molecule has 4 fully saturated rings. The highest BCUT2D eigenvalue weighted by molar-refractivity contribution is 6.99. The van der Waals surface area contributed by atoms with Crippen molar-refractivity contribution < 1.29 is 23.1 Å². The molecular formula is C43H66O5Si2. The predicted octanol–water partition coefficient (Wildman–Crippen LogP) is 9.29. The second-order valence-corrected chi connectivity index (χ2v) is 28.3. The molecule has 0 aromatic heterocycles. The van der Waals surface area contributed by atoms with Gasteiger partial charge in [-0.05, 0) is 89.8 Å². The summed E-state index contributed by atoms with van der Waals surface area (Å²) in [6.45, 7) is 25.4. The third-order valence-corrected chi connectivity index (χ3v) is 24.1. The maximum Gasteiger partial charge on any atom is 0.261 e. The molecule has 0 radical (unpaired) electrons. The number of hydrogen-bond acceptors (Lipinski definition) is 5. The maximum absolute atomic E-state index is 14.5. The van der Waals surface area contributed by atoms with Gasteiger partial charge in [-0.1, -0.05) is 116 Å². The highest BCUT2D eigenvalue weighted by Gasteiger charge is 2.66. The molecule has 0 amide bonds. The lowest BCUT2D eigenvalue weighted by atomic mass is 9.50. The second-order valence-electron chi connectivity index (χ2n) is 19.2. The molecule has 2 unspecified atom stereocenters. The second kappa shape index (κ2) is 13.7. The fraction of sp³-hybridized carbons (Fsp3) is 0.698. The van der Waals surface area contributed by atoms with Crippen molar-refractivity contribution in [3.63, 3.8) is 0 Å². The van der Waals surface area contributed by atoms with Gasteiger partial charge in [-0.25, -0.2) is 0 Å². The van der Waals surface area contributed by atoms with Gasteiger partial charge in [0, 0.05) is 30.3 Å². The van der Waals surface area contributed by atoms with Crippen LogP contribution in [0.5, 0.6) is 0 Å². The van der Waals surface area contributed by atoms with E-state index >= 15 is 0 Å². The van der Waals surface area contributed by atoms with Crippen LogP contribution in [0.25, 0.3) is 0 Å². The van der Waals surface area contributed by atoms with Gasteiger partial charge in [0.1, 0.15) is 5.78 Å². The molecule has 0 N–H and O–H groups in total. The fourth-order valence-corrected chi connectivity index (χ4v) is 16.7. The monoisotopic (exact) mass is 718 g/mol. The standard InChI is InChI=1S/C43H66O5Si2/c1-39(2,3)49(9,10)48-32-21-25-41(7,38(44)31-32)36-22-26-42(8)37(23-27-43(42)45-29-30-46-43)35(36)24-28-47-50(40(4,5)6,33-17-13-11-14-18-33)34-19-15-12-16-20-34/h11-20,32,35-37H,21-31H2,1-10H3/t32-,35+,36?,37?,41+,42-/m0/s1. The van der Waals surface area contributed by atoms with Gasteiger partial charge < -0.3 is 18.3 Å². The number of ketones is 1. The lowest BCUT2D eigenvalue weighted by molar-refractivity contribution is -0.242. The molecule has 3 aliphatic carbocycles. The van der Waals surface area contributed by atoms with Gasteiger partial charge in [0.15, 0.2) is 14.1 Å². The molecule has 1 heterocycles. The Morgan fingerprint density at radius 2 is 1.32 bits per heavy atom. The van der Waals surface area contributed by atoms with Crippen LogP contribution in [0.4, 0.5) is 0 Å². The van der Waals surface area contributed by atoms with Crippen molar-refractivity contribution in [2.45, 2.75) is 142 Å². The van der Waals surface area contributed by atoms with E-state index < -0.39 is 22.4 Å². The Bertz CT molecular complexity index is 1430. The van der Waals surface area contributed by atoms with E-state index in [9.17, 15) is 4.79 Å². The summed E-state index contributed by atoms with van der Waals surface area (Å²) in [6.07, 6.45) is 7.50. The van der Waals surface area contributed by atoms with E-state index in [0.717, 1.165) is 44.9 Å². The van der Waals surface area contributed by atoms with Gasteiger partial charge in [0.2, 0.25) is 0 Å². The molecule has 2 aromatic carbocycles. The smallest absolute Gasteiger partial charge is 0.261 e. The quantitative estimate of drug-likeness (QED) is 0.242. The Balaban J connectivity index is 1.31. The van der Waals surface area contributed by atoms with Crippen LogP contribution >= 0.6 is 0 Å². The van der Waals surface area contributed by atoms with Crippen LogP contribution in [0.1, 0.15) is 107 Å². The molecule has 6 rings (SSSR count). The SMILES string of the molecule is CC(C)(C)[Si](C)(C)O[C@H]1CC[C@](C)(C2CC[C@@]3(C)C(CCC34OCCO4)[C@@H]2CCO[Si](c2ccccc2)(c2ccccc2)C(C)(C)C)C(=O)C1. The van der Waals surface area contributed by atoms with Crippen molar-refractivity contribution in [1.29, 1.82) is 0 Å². The number of fused-ring (bicyclic) bond motifs is 2. The number of Topliss-reactive ketones (excluding diaryl/α,β-unsaturated/α-hetero) is 1. The molecule has 3 saturated carbocycles. The first-order valence-electron chi connectivity index (χ1n) is 19.6. The Labute approximate surface area is 305 Å². The van der Waals surface area contributed by atoms with Crippen molar-refractivity contribution in [3.8, 4) is 0 Å². The number of benzene rings is 2. The van der Waals surface area contributed by atoms with Crippen molar-refractivity contribution in [1.82, 2.24) is 0 Å². The van der Waals surface area contributed by atoms with E-state index in [-0.39, 0.29) is 27.0 Å². The van der Waals surface area contributed by atoms with Crippen molar-refractivity contribution in [2.75, 3.05) is 19.8 Å². The van der Waals surface area contributed by atoms with Crippen molar-refractivity contribution >= 4 is 32.8 Å². The Hall–Kier alpha value is -1.62. The molecule has 0 bridgehead atoms. The molecular weight excluding hydrogens is 653 g/mol. The number of hydrogen-bond donors (Lipinski definition) is 0. The minimum Gasteiger partial charge on any atom is -0.413 e. The van der Waals surface area contributed by atoms with Crippen LogP contribution in [0.3, 0.4) is 0 Å². The molecule has 1 spiro atoms. The molecule has 1 saturated heterocycles. The summed E-state index contributed by atoms with van der Waals surface area (Å²) in [5.41, 5.74) is -0.423. The van der Waals surface area contributed by atoms with E-state index in [2.05, 4.69) is 129 Å². The number of carbonyl (C=O) groups excluding carboxylic acids is 1. The van der Waals surface area contributed by atoms with E-state index in [4.69, 9.17) is 18.3 Å². The van der Waals surface area contributed by atoms with Crippen LogP contribution in [0.2, 0.25) is 23.2 Å². The van der Waals surface area contributed by atoms with E-state index in [0.29, 0.717) is 49.8 Å². The molecule has 50 heavy (non-hydrogen) atoms. The first-order chi connectivity index (χ1) is 23.4. The zero-order valence-electron chi connectivity index (χ0n) is 32.9. The van der Waals surface area contributed by atoms with E-state index in [1.807, 2.05) is 0 Å². The highest BCUT2D eigenvalue weighted by atomic mass is 28.4. The zero-order valence-corrected chi connectivity index (χ0v) is 34.9. The average Bonchev–Trinajstić information content (AvgIpc) is 3.66. The van der Waals surface area contributed by atoms with E-state index in [1.165, 1.54) is 10.4 Å². The molecule has 4 aliphatic rings. The van der Waals surface area contributed by atoms with E-state index in [1.54, 1.807) is 0 Å². The van der Waals surface area contributed by atoms with Crippen molar-refractivity contribution in [3.05, 3.63) is 60.7 Å². The van der Waals surface area contributed by atoms with Gasteiger partial charge >= 0.3 is 0 Å². The predicted molar refractivity (Wildman–Crippen MR) is 209 cm³/mol. The summed E-state index contributed by atoms with van der Waals surface area (Å²) >= 11 is 0. The maximum atomic E-state index is 14.5. The summed E-state index contributed by atoms with van der Waals surface area (Å²) < 4.78 is 27.5. The Morgan fingerprint density at radius 3 is 1.84 bits per heavy atom. The Morgan fingerprint density at radius 1 is 0.760 bits per heavy atom. The van der Waals surface area contributed by atoms with Crippen LogP contribution in [-0.4, -0.2) is 54.1 Å². The molecule has 6 atom stereocenters. The summed E-state index contributed by atoms with van der Waals surface area (Å²) in [5, 5.41) is 2.68. The lowest BCUT2D eigenvalue weighted by Gasteiger charge is -2.56. The first kappa shape index (κ1) is 38.1. The van der Waals surface area contributed by atoms with Gasteiger partial charge in [-0.3, -0.25) is 4.79 Å². The van der Waals surface area contributed by atoms with Crippen LogP contribution in [0, 0.1) is 28.6 Å². The minimum absolute atomic E-state index is 0.0392. The molecule has 5 nitrogen and oxygen atoms in total. The topological polar surface area (TPSA) is 54.0 Å². The largest absolute Gasteiger partial charge is 0.413 e. The minimum atomic E-state index is -2.69. The van der Waals surface area contributed by atoms with Gasteiger partial charge in [0.05, 0.1) is 19.3 Å². The summed E-state index contributed by atoms with van der Waals surface area (Å²) in [6, 6.07) is 22.0. The van der Waals surface area contributed by atoms with Gasteiger partial charge in [0.25, 0.3) is 8.32 Å². The number of ether oxygens (including phenoxy) is 2. The molecule has 2 aromatic rings. The normalized spacial score (nSPS) is 32.0. The molecule has 7 heteroatoms. The summed E-state index contributed by atoms with van der Waals surface area (Å²) in [7, 11) is -4.66. The number of carbonyl (C=O) groups is 1. The highest BCUT2D eigenvalue weighted by Crippen LogP contribution is 2.66. The van der Waals surface area contributed by atoms with Crippen LogP contribution in [0.15, 0.2) is 60.7 Å². The lowest BCUT2D eigenvalue weighted by Crippen LogP contribution is -2.66. The van der Waals surface area contributed by atoms with Gasteiger partial charge in [-0.15, -0.1) is 0 Å². The zero-order chi connectivity index (χ0) is 36.2. The molecule has 276 valence electrons.